The molecule has 2 heteroatoms. The first-order valence-corrected chi connectivity index (χ1v) is 6.53. The van der Waals surface area contributed by atoms with Gasteiger partial charge < -0.3 is 5.32 Å². The number of fused-ring (bicyclic) bond motifs is 2. The molecular weight excluding hydrogens is 184 g/mol. The van der Waals surface area contributed by atoms with Crippen LogP contribution in [0.1, 0.15) is 53.4 Å². The van der Waals surface area contributed by atoms with E-state index in [-0.39, 0.29) is 5.54 Å². The molecule has 2 nitrogen and oxygen atoms in total. The van der Waals surface area contributed by atoms with Crippen molar-refractivity contribution in [2.45, 2.75) is 77.0 Å². The molecule has 2 fully saturated rings. The van der Waals surface area contributed by atoms with Crippen LogP contribution in [0.2, 0.25) is 0 Å². The van der Waals surface area contributed by atoms with Crippen molar-refractivity contribution < 1.29 is 0 Å². The van der Waals surface area contributed by atoms with E-state index in [2.05, 4.69) is 37.9 Å². The van der Waals surface area contributed by atoms with Gasteiger partial charge in [0.1, 0.15) is 0 Å². The lowest BCUT2D eigenvalue weighted by Gasteiger charge is -2.41. The molecule has 15 heavy (non-hydrogen) atoms. The van der Waals surface area contributed by atoms with Crippen LogP contribution in [0, 0.1) is 0 Å². The van der Waals surface area contributed by atoms with Crippen LogP contribution in [-0.2, 0) is 0 Å². The van der Waals surface area contributed by atoms with Crippen LogP contribution in [0.25, 0.3) is 0 Å². The van der Waals surface area contributed by atoms with Crippen LogP contribution in [-0.4, -0.2) is 35.1 Å². The molecule has 1 N–H and O–H groups in total. The van der Waals surface area contributed by atoms with Gasteiger partial charge in [-0.3, -0.25) is 4.90 Å². The van der Waals surface area contributed by atoms with Gasteiger partial charge in [0.05, 0.1) is 0 Å². The van der Waals surface area contributed by atoms with Gasteiger partial charge >= 0.3 is 0 Å². The average Bonchev–Trinajstić information content (AvgIpc) is 2.34. The monoisotopic (exact) mass is 210 g/mol. The zero-order valence-electron chi connectivity index (χ0n) is 10.7. The molecule has 88 valence electrons. The minimum atomic E-state index is 0.276. The Labute approximate surface area is 94.4 Å². The topological polar surface area (TPSA) is 15.3 Å². The first-order valence-electron chi connectivity index (χ1n) is 6.53. The van der Waals surface area contributed by atoms with Crippen LogP contribution >= 0.6 is 0 Å². The van der Waals surface area contributed by atoms with Gasteiger partial charge in [-0.1, -0.05) is 6.92 Å². The summed E-state index contributed by atoms with van der Waals surface area (Å²) in [5.41, 5.74) is 0.276. The highest BCUT2D eigenvalue weighted by Gasteiger charge is 2.40. The second kappa shape index (κ2) is 4.06. The fourth-order valence-corrected chi connectivity index (χ4v) is 3.52. The van der Waals surface area contributed by atoms with E-state index in [9.17, 15) is 0 Å². The largest absolute Gasteiger partial charge is 0.309 e. The van der Waals surface area contributed by atoms with Crippen LogP contribution in [0.3, 0.4) is 0 Å². The first kappa shape index (κ1) is 11.4. The third kappa shape index (κ3) is 2.54. The summed E-state index contributed by atoms with van der Waals surface area (Å²) in [4.78, 5) is 2.72. The number of hydrogen-bond acceptors (Lipinski definition) is 2. The van der Waals surface area contributed by atoms with Crippen molar-refractivity contribution in [2.24, 2.45) is 0 Å². The molecule has 0 aromatic heterocycles. The van der Waals surface area contributed by atoms with E-state index in [0.717, 1.165) is 18.1 Å². The molecule has 2 saturated heterocycles. The van der Waals surface area contributed by atoms with Gasteiger partial charge in [-0.05, 0) is 53.0 Å². The summed E-state index contributed by atoms with van der Waals surface area (Å²) in [6.07, 6.45) is 5.59. The number of nitrogens with zero attached hydrogens (tertiary/aromatic N) is 1. The van der Waals surface area contributed by atoms with Crippen molar-refractivity contribution in [2.75, 3.05) is 6.54 Å². The SMILES string of the molecule is CCN1C2CCC1CC(NC(C)(C)C)C2. The molecule has 2 aliphatic rings. The van der Waals surface area contributed by atoms with Crippen molar-refractivity contribution in [1.82, 2.24) is 10.2 Å². The van der Waals surface area contributed by atoms with Gasteiger partial charge in [0.15, 0.2) is 0 Å². The van der Waals surface area contributed by atoms with Gasteiger partial charge in [0.2, 0.25) is 0 Å². The van der Waals surface area contributed by atoms with Gasteiger partial charge in [-0.25, -0.2) is 0 Å². The van der Waals surface area contributed by atoms with Crippen molar-refractivity contribution in [1.29, 1.82) is 0 Å². The lowest BCUT2D eigenvalue weighted by atomic mass is 9.94. The molecule has 2 unspecified atom stereocenters. The summed E-state index contributed by atoms with van der Waals surface area (Å²) in [7, 11) is 0. The van der Waals surface area contributed by atoms with E-state index >= 15 is 0 Å². The van der Waals surface area contributed by atoms with Crippen LogP contribution in [0.15, 0.2) is 0 Å². The minimum absolute atomic E-state index is 0.276. The van der Waals surface area contributed by atoms with E-state index in [1.807, 2.05) is 0 Å². The molecule has 0 aromatic carbocycles. The Hall–Kier alpha value is -0.0800. The molecule has 0 spiro atoms. The summed E-state index contributed by atoms with van der Waals surface area (Å²) in [6, 6.07) is 2.49. The second-order valence-corrected chi connectivity index (χ2v) is 6.28. The lowest BCUT2D eigenvalue weighted by molar-refractivity contribution is 0.113. The highest BCUT2D eigenvalue weighted by molar-refractivity contribution is 4.98. The van der Waals surface area contributed by atoms with E-state index in [0.29, 0.717) is 0 Å². The standard InChI is InChI=1S/C13H26N2/c1-5-15-11-6-7-12(15)9-10(8-11)14-13(2,3)4/h10-12,14H,5-9H2,1-4H3. The van der Waals surface area contributed by atoms with Gasteiger partial charge in [0, 0.05) is 23.7 Å². The van der Waals surface area contributed by atoms with Gasteiger partial charge in [-0.2, -0.15) is 0 Å². The molecule has 2 aliphatic heterocycles. The molecular formula is C13H26N2. The smallest absolute Gasteiger partial charge is 0.0113 e. The molecule has 0 aliphatic carbocycles. The summed E-state index contributed by atoms with van der Waals surface area (Å²) in [6.45, 7) is 10.4. The Morgan fingerprint density at radius 1 is 1.13 bits per heavy atom. The Balaban J connectivity index is 1.94. The van der Waals surface area contributed by atoms with E-state index < -0.39 is 0 Å². The average molecular weight is 210 g/mol. The molecule has 2 heterocycles. The van der Waals surface area contributed by atoms with Gasteiger partial charge in [-0.15, -0.1) is 0 Å². The second-order valence-electron chi connectivity index (χ2n) is 6.28. The summed E-state index contributed by atoms with van der Waals surface area (Å²) >= 11 is 0. The maximum atomic E-state index is 3.78. The van der Waals surface area contributed by atoms with Crippen LogP contribution < -0.4 is 5.32 Å². The molecule has 2 rings (SSSR count). The van der Waals surface area contributed by atoms with E-state index in [1.165, 1.54) is 32.2 Å². The first-order chi connectivity index (χ1) is 6.99. The zero-order valence-corrected chi connectivity index (χ0v) is 10.7. The maximum absolute atomic E-state index is 3.78. The highest BCUT2D eigenvalue weighted by Crippen LogP contribution is 2.35. The fourth-order valence-electron chi connectivity index (χ4n) is 3.52. The Bertz CT molecular complexity index is 205. The molecule has 2 bridgehead atoms. The Morgan fingerprint density at radius 2 is 1.67 bits per heavy atom. The normalized spacial score (nSPS) is 37.2. The van der Waals surface area contributed by atoms with Crippen molar-refractivity contribution in [3.63, 3.8) is 0 Å². The molecule has 0 saturated carbocycles. The fraction of sp³-hybridized carbons (Fsp3) is 1.00. The number of hydrogen-bond donors (Lipinski definition) is 1. The molecule has 0 aromatic rings. The van der Waals surface area contributed by atoms with Crippen molar-refractivity contribution in [3.05, 3.63) is 0 Å². The number of nitrogens with one attached hydrogen (secondary N) is 1. The summed E-state index contributed by atoms with van der Waals surface area (Å²) in [5.74, 6) is 0. The molecule has 2 atom stereocenters. The zero-order chi connectivity index (χ0) is 11.1. The van der Waals surface area contributed by atoms with Crippen LogP contribution in [0.5, 0.6) is 0 Å². The quantitative estimate of drug-likeness (QED) is 0.753. The van der Waals surface area contributed by atoms with Crippen molar-refractivity contribution in [3.8, 4) is 0 Å². The minimum Gasteiger partial charge on any atom is -0.309 e. The summed E-state index contributed by atoms with van der Waals surface area (Å²) < 4.78 is 0. The van der Waals surface area contributed by atoms with Gasteiger partial charge in [0.25, 0.3) is 0 Å². The predicted molar refractivity (Wildman–Crippen MR) is 65.1 cm³/mol. The predicted octanol–water partition coefficient (Wildman–Crippen LogP) is 2.39. The number of piperidine rings is 1. The van der Waals surface area contributed by atoms with Crippen LogP contribution in [0.4, 0.5) is 0 Å². The maximum Gasteiger partial charge on any atom is 0.0113 e. The molecule has 0 radical (unpaired) electrons. The summed E-state index contributed by atoms with van der Waals surface area (Å²) in [5, 5.41) is 3.78. The highest BCUT2D eigenvalue weighted by atomic mass is 15.2. The molecule has 0 amide bonds. The van der Waals surface area contributed by atoms with Crippen molar-refractivity contribution >= 4 is 0 Å². The third-order valence-electron chi connectivity index (χ3n) is 3.89. The van der Waals surface area contributed by atoms with E-state index in [4.69, 9.17) is 0 Å². The Kier molecular flexibility index (Phi) is 3.09. The lowest BCUT2D eigenvalue weighted by Crippen LogP contribution is -2.53. The number of rotatable bonds is 2. The third-order valence-corrected chi connectivity index (χ3v) is 3.89. The van der Waals surface area contributed by atoms with E-state index in [1.54, 1.807) is 0 Å². The Morgan fingerprint density at radius 3 is 2.07 bits per heavy atom.